The normalized spacial score (nSPS) is 11.2. The first-order valence-corrected chi connectivity index (χ1v) is 10.2. The molecule has 0 aliphatic heterocycles. The van der Waals surface area contributed by atoms with Crippen molar-refractivity contribution in [2.45, 2.75) is 11.8 Å². The van der Waals surface area contributed by atoms with Crippen molar-refractivity contribution < 1.29 is 13.2 Å². The SMILES string of the molecule is Cc1nccn1-c1cc(Oc2ccc(NS(=O)(=O)c3ccccc3)cc2)ncn1. The largest absolute Gasteiger partial charge is 0.439 e. The Balaban J connectivity index is 1.49. The first-order chi connectivity index (χ1) is 14.0. The molecule has 8 nitrogen and oxygen atoms in total. The van der Waals surface area contributed by atoms with Gasteiger partial charge in [0, 0.05) is 24.1 Å². The Bertz CT molecular complexity index is 1220. The van der Waals surface area contributed by atoms with E-state index in [0.717, 1.165) is 5.82 Å². The molecular weight excluding hydrogens is 390 g/mol. The van der Waals surface area contributed by atoms with Gasteiger partial charge in [-0.3, -0.25) is 9.29 Å². The van der Waals surface area contributed by atoms with E-state index in [4.69, 9.17) is 4.74 Å². The fourth-order valence-corrected chi connectivity index (χ4v) is 3.74. The fraction of sp³-hybridized carbons (Fsp3) is 0.0500. The molecular formula is C20H17N5O3S. The molecule has 4 rings (SSSR count). The maximum absolute atomic E-state index is 12.4. The van der Waals surface area contributed by atoms with Crippen molar-refractivity contribution in [2.24, 2.45) is 0 Å². The zero-order chi connectivity index (χ0) is 20.3. The highest BCUT2D eigenvalue weighted by Crippen LogP contribution is 2.24. The Hall–Kier alpha value is -3.72. The Morgan fingerprint density at radius 1 is 0.966 bits per heavy atom. The summed E-state index contributed by atoms with van der Waals surface area (Å²) in [6.07, 6.45) is 4.90. The number of hydrogen-bond acceptors (Lipinski definition) is 6. The molecule has 0 fully saturated rings. The van der Waals surface area contributed by atoms with E-state index >= 15 is 0 Å². The average Bonchev–Trinajstić information content (AvgIpc) is 3.16. The number of sulfonamides is 1. The molecule has 2 heterocycles. The van der Waals surface area contributed by atoms with Gasteiger partial charge < -0.3 is 4.74 Å². The molecule has 0 bridgehead atoms. The van der Waals surface area contributed by atoms with E-state index in [2.05, 4.69) is 19.7 Å². The third-order valence-electron chi connectivity index (χ3n) is 4.08. The van der Waals surface area contributed by atoms with Crippen LogP contribution in [0.5, 0.6) is 11.6 Å². The molecule has 0 saturated heterocycles. The van der Waals surface area contributed by atoms with Crippen LogP contribution in [-0.4, -0.2) is 27.9 Å². The van der Waals surface area contributed by atoms with E-state index in [1.165, 1.54) is 18.5 Å². The summed E-state index contributed by atoms with van der Waals surface area (Å²) in [6, 6.07) is 16.4. The van der Waals surface area contributed by atoms with E-state index in [1.54, 1.807) is 60.9 Å². The van der Waals surface area contributed by atoms with Gasteiger partial charge in [0.1, 0.15) is 23.7 Å². The molecule has 0 unspecified atom stereocenters. The number of nitrogens with one attached hydrogen (secondary N) is 1. The van der Waals surface area contributed by atoms with Crippen LogP contribution >= 0.6 is 0 Å². The highest BCUT2D eigenvalue weighted by atomic mass is 32.2. The van der Waals surface area contributed by atoms with Crippen LogP contribution in [0.1, 0.15) is 5.82 Å². The van der Waals surface area contributed by atoms with Gasteiger partial charge in [0.25, 0.3) is 10.0 Å². The van der Waals surface area contributed by atoms with E-state index in [1.807, 2.05) is 11.5 Å². The van der Waals surface area contributed by atoms with Gasteiger partial charge in [-0.05, 0) is 43.3 Å². The summed E-state index contributed by atoms with van der Waals surface area (Å²) in [6.45, 7) is 1.87. The summed E-state index contributed by atoms with van der Waals surface area (Å²) in [5.74, 6) is 2.31. The first kappa shape index (κ1) is 18.6. The second-order valence-corrected chi connectivity index (χ2v) is 7.79. The fourth-order valence-electron chi connectivity index (χ4n) is 2.66. The monoisotopic (exact) mass is 407 g/mol. The lowest BCUT2D eigenvalue weighted by molar-refractivity contribution is 0.461. The van der Waals surface area contributed by atoms with Gasteiger partial charge in [0.05, 0.1) is 4.90 Å². The summed E-state index contributed by atoms with van der Waals surface area (Å²) in [4.78, 5) is 12.7. The van der Waals surface area contributed by atoms with Crippen LogP contribution in [0, 0.1) is 6.92 Å². The summed E-state index contributed by atoms with van der Waals surface area (Å²) >= 11 is 0. The Morgan fingerprint density at radius 2 is 1.72 bits per heavy atom. The summed E-state index contributed by atoms with van der Waals surface area (Å²) in [5.41, 5.74) is 0.429. The van der Waals surface area contributed by atoms with Gasteiger partial charge >= 0.3 is 0 Å². The second-order valence-electron chi connectivity index (χ2n) is 6.10. The minimum atomic E-state index is -3.64. The van der Waals surface area contributed by atoms with Crippen molar-refractivity contribution in [3.05, 3.63) is 85.2 Å². The second kappa shape index (κ2) is 7.72. The molecule has 0 amide bonds. The lowest BCUT2D eigenvalue weighted by atomic mass is 10.3. The third kappa shape index (κ3) is 4.25. The number of hydrogen-bond donors (Lipinski definition) is 1. The number of ether oxygens (including phenoxy) is 1. The molecule has 4 aromatic rings. The van der Waals surface area contributed by atoms with Crippen LogP contribution < -0.4 is 9.46 Å². The van der Waals surface area contributed by atoms with Crippen molar-refractivity contribution >= 4 is 15.7 Å². The Labute approximate surface area is 167 Å². The standard InChI is InChI=1S/C20H17N5O3S/c1-15-21-11-12-25(15)19-13-20(23-14-22-19)28-17-9-7-16(8-10-17)24-29(26,27)18-5-3-2-4-6-18/h2-14,24H,1H3. The maximum atomic E-state index is 12.4. The van der Waals surface area contributed by atoms with E-state index < -0.39 is 10.0 Å². The van der Waals surface area contributed by atoms with E-state index in [0.29, 0.717) is 23.1 Å². The molecule has 9 heteroatoms. The first-order valence-electron chi connectivity index (χ1n) is 8.69. The number of aryl methyl sites for hydroxylation is 1. The molecule has 0 saturated carbocycles. The summed E-state index contributed by atoms with van der Waals surface area (Å²) < 4.78 is 34.9. The number of nitrogens with zero attached hydrogens (tertiary/aromatic N) is 4. The van der Waals surface area contributed by atoms with Gasteiger partial charge in [-0.1, -0.05) is 18.2 Å². The molecule has 0 aliphatic carbocycles. The van der Waals surface area contributed by atoms with Gasteiger partial charge in [-0.15, -0.1) is 0 Å². The van der Waals surface area contributed by atoms with E-state index in [9.17, 15) is 8.42 Å². The number of anilines is 1. The molecule has 29 heavy (non-hydrogen) atoms. The highest BCUT2D eigenvalue weighted by Gasteiger charge is 2.13. The van der Waals surface area contributed by atoms with Crippen LogP contribution in [-0.2, 0) is 10.0 Å². The molecule has 2 aromatic carbocycles. The smallest absolute Gasteiger partial charge is 0.261 e. The molecule has 0 atom stereocenters. The lowest BCUT2D eigenvalue weighted by Gasteiger charge is -2.10. The van der Waals surface area contributed by atoms with Gasteiger partial charge in [0.2, 0.25) is 5.88 Å². The van der Waals surface area contributed by atoms with Crippen molar-refractivity contribution in [1.82, 2.24) is 19.5 Å². The van der Waals surface area contributed by atoms with Crippen LogP contribution in [0.15, 0.2) is 84.3 Å². The summed E-state index contributed by atoms with van der Waals surface area (Å²) in [7, 11) is -3.64. The Kier molecular flexibility index (Phi) is 4.96. The van der Waals surface area contributed by atoms with Crippen molar-refractivity contribution in [2.75, 3.05) is 4.72 Å². The quantitative estimate of drug-likeness (QED) is 0.525. The maximum Gasteiger partial charge on any atom is 0.261 e. The lowest BCUT2D eigenvalue weighted by Crippen LogP contribution is -2.12. The van der Waals surface area contributed by atoms with Gasteiger partial charge in [-0.2, -0.15) is 0 Å². The topological polar surface area (TPSA) is 99.0 Å². The predicted octanol–water partition coefficient (Wildman–Crippen LogP) is 3.56. The van der Waals surface area contributed by atoms with Crippen LogP contribution in [0.4, 0.5) is 5.69 Å². The molecule has 2 aromatic heterocycles. The summed E-state index contributed by atoms with van der Waals surface area (Å²) in [5, 5.41) is 0. The molecule has 0 spiro atoms. The minimum Gasteiger partial charge on any atom is -0.439 e. The molecule has 1 N–H and O–H groups in total. The van der Waals surface area contributed by atoms with Crippen LogP contribution in [0.2, 0.25) is 0 Å². The number of aromatic nitrogens is 4. The Morgan fingerprint density at radius 3 is 2.41 bits per heavy atom. The number of benzene rings is 2. The predicted molar refractivity (Wildman–Crippen MR) is 108 cm³/mol. The zero-order valence-corrected chi connectivity index (χ0v) is 16.2. The molecule has 146 valence electrons. The van der Waals surface area contributed by atoms with E-state index in [-0.39, 0.29) is 4.90 Å². The average molecular weight is 407 g/mol. The highest BCUT2D eigenvalue weighted by molar-refractivity contribution is 7.92. The van der Waals surface area contributed by atoms with Crippen molar-refractivity contribution in [1.29, 1.82) is 0 Å². The van der Waals surface area contributed by atoms with Crippen LogP contribution in [0.25, 0.3) is 5.82 Å². The van der Waals surface area contributed by atoms with Crippen molar-refractivity contribution in [3.8, 4) is 17.4 Å². The minimum absolute atomic E-state index is 0.198. The van der Waals surface area contributed by atoms with Crippen LogP contribution in [0.3, 0.4) is 0 Å². The third-order valence-corrected chi connectivity index (χ3v) is 5.48. The number of rotatable bonds is 6. The molecule has 0 radical (unpaired) electrons. The molecule has 0 aliphatic rings. The van der Waals surface area contributed by atoms with Gasteiger partial charge in [0.15, 0.2) is 0 Å². The van der Waals surface area contributed by atoms with Gasteiger partial charge in [-0.25, -0.2) is 23.4 Å². The number of imidazole rings is 1. The zero-order valence-electron chi connectivity index (χ0n) is 15.4. The van der Waals surface area contributed by atoms with Crippen molar-refractivity contribution in [3.63, 3.8) is 0 Å².